The van der Waals surface area contributed by atoms with Crippen molar-refractivity contribution < 1.29 is 0 Å². The van der Waals surface area contributed by atoms with Crippen molar-refractivity contribution in [3.8, 4) is 11.3 Å². The fourth-order valence-corrected chi connectivity index (χ4v) is 3.13. The number of nitrogens with two attached hydrogens (primary N) is 1. The fourth-order valence-electron chi connectivity index (χ4n) is 3.13. The van der Waals surface area contributed by atoms with Gasteiger partial charge in [-0.2, -0.15) is 4.98 Å². The number of nitrogen functional groups attached to an aromatic ring is 1. The number of nitrogens with zero attached hydrogens (tertiary/aromatic N) is 4. The lowest BCUT2D eigenvalue weighted by atomic mass is 10.0. The first kappa shape index (κ1) is 15.7. The van der Waals surface area contributed by atoms with Crippen LogP contribution in [0.5, 0.6) is 0 Å². The standard InChI is InChI=1S/C18H25N5/c1-13(23-9-4-5-10-23)14-7-6-8-15(11-14)16-12-17(22(2)3)21-18(19)20-16/h6-8,11-13H,4-5,9-10H2,1-3H3,(H2,19,20,21). The van der Waals surface area contributed by atoms with E-state index in [1.165, 1.54) is 31.5 Å². The molecule has 2 N–H and O–H groups in total. The minimum atomic E-state index is 0.309. The molecule has 122 valence electrons. The van der Waals surface area contributed by atoms with Gasteiger partial charge in [0.1, 0.15) is 5.82 Å². The number of benzene rings is 1. The second-order valence-corrected chi connectivity index (χ2v) is 6.41. The lowest BCUT2D eigenvalue weighted by Crippen LogP contribution is -2.23. The van der Waals surface area contributed by atoms with E-state index in [1.54, 1.807) is 0 Å². The van der Waals surface area contributed by atoms with Gasteiger partial charge in [-0.15, -0.1) is 0 Å². The maximum atomic E-state index is 5.87. The molecule has 1 fully saturated rings. The first-order valence-corrected chi connectivity index (χ1v) is 8.21. The molecule has 2 heterocycles. The lowest BCUT2D eigenvalue weighted by molar-refractivity contribution is 0.263. The minimum Gasteiger partial charge on any atom is -0.368 e. The number of hydrogen-bond acceptors (Lipinski definition) is 5. The molecule has 0 amide bonds. The van der Waals surface area contributed by atoms with E-state index < -0.39 is 0 Å². The highest BCUT2D eigenvalue weighted by molar-refractivity contribution is 5.65. The van der Waals surface area contributed by atoms with E-state index in [0.717, 1.165) is 17.1 Å². The summed E-state index contributed by atoms with van der Waals surface area (Å²) in [5.41, 5.74) is 9.16. The van der Waals surface area contributed by atoms with Gasteiger partial charge < -0.3 is 10.6 Å². The van der Waals surface area contributed by atoms with E-state index in [4.69, 9.17) is 5.73 Å². The number of anilines is 2. The summed E-state index contributed by atoms with van der Waals surface area (Å²) < 4.78 is 0. The van der Waals surface area contributed by atoms with Crippen molar-refractivity contribution >= 4 is 11.8 Å². The third-order valence-electron chi connectivity index (χ3n) is 4.54. The van der Waals surface area contributed by atoms with Crippen molar-refractivity contribution in [1.29, 1.82) is 0 Å². The van der Waals surface area contributed by atoms with Crippen molar-refractivity contribution in [3.63, 3.8) is 0 Å². The molecule has 23 heavy (non-hydrogen) atoms. The van der Waals surface area contributed by atoms with Gasteiger partial charge in [0.2, 0.25) is 5.95 Å². The maximum absolute atomic E-state index is 5.87. The summed E-state index contributed by atoms with van der Waals surface area (Å²) in [6.45, 7) is 4.66. The summed E-state index contributed by atoms with van der Waals surface area (Å²) in [7, 11) is 3.91. The van der Waals surface area contributed by atoms with Gasteiger partial charge >= 0.3 is 0 Å². The van der Waals surface area contributed by atoms with E-state index in [1.807, 2.05) is 25.1 Å². The predicted molar refractivity (Wildman–Crippen MR) is 95.4 cm³/mol. The molecule has 0 aliphatic carbocycles. The Bertz CT molecular complexity index is 677. The van der Waals surface area contributed by atoms with Crippen LogP contribution < -0.4 is 10.6 Å². The lowest BCUT2D eigenvalue weighted by Gasteiger charge is -2.24. The Kier molecular flexibility index (Phi) is 4.48. The Morgan fingerprint density at radius 1 is 1.13 bits per heavy atom. The summed E-state index contributed by atoms with van der Waals surface area (Å²) in [5.74, 6) is 1.13. The highest BCUT2D eigenvalue weighted by Crippen LogP contribution is 2.28. The number of aromatic nitrogens is 2. The van der Waals surface area contributed by atoms with Crippen LogP contribution in [0.3, 0.4) is 0 Å². The van der Waals surface area contributed by atoms with Crippen LogP contribution >= 0.6 is 0 Å². The van der Waals surface area contributed by atoms with Gasteiger partial charge in [-0.1, -0.05) is 18.2 Å². The highest BCUT2D eigenvalue weighted by Gasteiger charge is 2.19. The van der Waals surface area contributed by atoms with Crippen molar-refractivity contribution in [1.82, 2.24) is 14.9 Å². The van der Waals surface area contributed by atoms with Crippen LogP contribution in [0.4, 0.5) is 11.8 Å². The molecule has 1 aromatic heterocycles. The zero-order valence-electron chi connectivity index (χ0n) is 14.2. The van der Waals surface area contributed by atoms with Gasteiger partial charge in [-0.3, -0.25) is 4.90 Å². The molecular formula is C18H25N5. The van der Waals surface area contributed by atoms with E-state index in [0.29, 0.717) is 12.0 Å². The van der Waals surface area contributed by atoms with E-state index >= 15 is 0 Å². The van der Waals surface area contributed by atoms with Gasteiger partial charge in [0.15, 0.2) is 0 Å². The van der Waals surface area contributed by atoms with E-state index in [2.05, 4.69) is 46.1 Å². The molecule has 1 saturated heterocycles. The van der Waals surface area contributed by atoms with Gasteiger partial charge in [0.05, 0.1) is 5.69 Å². The molecule has 5 heteroatoms. The molecule has 1 aliphatic heterocycles. The van der Waals surface area contributed by atoms with E-state index in [-0.39, 0.29) is 0 Å². The molecular weight excluding hydrogens is 286 g/mol. The van der Waals surface area contributed by atoms with Gasteiger partial charge in [0, 0.05) is 31.8 Å². The molecule has 5 nitrogen and oxygen atoms in total. The van der Waals surface area contributed by atoms with Crippen LogP contribution in [0.15, 0.2) is 30.3 Å². The molecule has 2 aromatic rings. The first-order valence-electron chi connectivity index (χ1n) is 8.21. The van der Waals surface area contributed by atoms with Crippen molar-refractivity contribution in [3.05, 3.63) is 35.9 Å². The Morgan fingerprint density at radius 2 is 1.87 bits per heavy atom. The van der Waals surface area contributed by atoms with Gasteiger partial charge in [-0.05, 0) is 44.5 Å². The number of hydrogen-bond donors (Lipinski definition) is 1. The molecule has 1 unspecified atom stereocenters. The highest BCUT2D eigenvalue weighted by atomic mass is 15.2. The zero-order valence-corrected chi connectivity index (χ0v) is 14.2. The van der Waals surface area contributed by atoms with Crippen LogP contribution in [-0.2, 0) is 0 Å². The molecule has 1 aliphatic rings. The summed E-state index contributed by atoms with van der Waals surface area (Å²) in [5, 5.41) is 0. The smallest absolute Gasteiger partial charge is 0.222 e. The van der Waals surface area contributed by atoms with Gasteiger partial charge in [0.25, 0.3) is 0 Å². The Balaban J connectivity index is 1.93. The predicted octanol–water partition coefficient (Wildman–Crippen LogP) is 2.95. The molecule has 3 rings (SSSR count). The monoisotopic (exact) mass is 311 g/mol. The van der Waals surface area contributed by atoms with Crippen LogP contribution in [0.1, 0.15) is 31.4 Å². The second-order valence-electron chi connectivity index (χ2n) is 6.41. The average molecular weight is 311 g/mol. The van der Waals surface area contributed by atoms with Crippen molar-refractivity contribution in [2.24, 2.45) is 0 Å². The summed E-state index contributed by atoms with van der Waals surface area (Å²) in [6, 6.07) is 11.0. The molecule has 0 bridgehead atoms. The quantitative estimate of drug-likeness (QED) is 0.941. The summed E-state index contributed by atoms with van der Waals surface area (Å²) >= 11 is 0. The van der Waals surface area contributed by atoms with Crippen molar-refractivity contribution in [2.45, 2.75) is 25.8 Å². The second kappa shape index (κ2) is 6.54. The first-order chi connectivity index (χ1) is 11.0. The van der Waals surface area contributed by atoms with Crippen LogP contribution in [0.25, 0.3) is 11.3 Å². The molecule has 1 aromatic carbocycles. The maximum Gasteiger partial charge on any atom is 0.222 e. The third kappa shape index (κ3) is 3.45. The van der Waals surface area contributed by atoms with Crippen LogP contribution in [-0.4, -0.2) is 42.1 Å². The van der Waals surface area contributed by atoms with Crippen LogP contribution in [0.2, 0.25) is 0 Å². The SMILES string of the molecule is CC(c1cccc(-c2cc(N(C)C)nc(N)n2)c1)N1CCCC1. The Hall–Kier alpha value is -2.14. The molecule has 0 spiro atoms. The number of likely N-dealkylation sites (tertiary alicyclic amines) is 1. The summed E-state index contributed by atoms with van der Waals surface area (Å²) in [6.07, 6.45) is 2.61. The molecule has 0 saturated carbocycles. The summed E-state index contributed by atoms with van der Waals surface area (Å²) in [4.78, 5) is 13.2. The molecule has 0 radical (unpaired) electrons. The zero-order chi connectivity index (χ0) is 16.4. The molecule has 1 atom stereocenters. The van der Waals surface area contributed by atoms with Crippen LogP contribution in [0, 0.1) is 0 Å². The normalized spacial score (nSPS) is 16.5. The van der Waals surface area contributed by atoms with E-state index in [9.17, 15) is 0 Å². The number of rotatable bonds is 4. The average Bonchev–Trinajstić information content (AvgIpc) is 3.08. The Labute approximate surface area is 138 Å². The fraction of sp³-hybridized carbons (Fsp3) is 0.444. The third-order valence-corrected chi connectivity index (χ3v) is 4.54. The van der Waals surface area contributed by atoms with Crippen molar-refractivity contribution in [2.75, 3.05) is 37.8 Å². The van der Waals surface area contributed by atoms with Gasteiger partial charge in [-0.25, -0.2) is 4.98 Å². The topological polar surface area (TPSA) is 58.3 Å². The Morgan fingerprint density at radius 3 is 2.57 bits per heavy atom. The largest absolute Gasteiger partial charge is 0.368 e. The minimum absolute atomic E-state index is 0.309.